The summed E-state index contributed by atoms with van der Waals surface area (Å²) in [5.41, 5.74) is 0.932. The van der Waals surface area contributed by atoms with Crippen LogP contribution in [-0.4, -0.2) is 11.5 Å². The van der Waals surface area contributed by atoms with Crippen molar-refractivity contribution in [3.8, 4) is 0 Å². The predicted octanol–water partition coefficient (Wildman–Crippen LogP) is 4.42. The lowest BCUT2D eigenvalue weighted by atomic mass is 10.0. The molecular weight excluding hydrogens is 320 g/mol. The van der Waals surface area contributed by atoms with Gasteiger partial charge in [-0.2, -0.15) is 0 Å². The van der Waals surface area contributed by atoms with Crippen LogP contribution in [0.5, 0.6) is 0 Å². The number of nitrogens with one attached hydrogen (secondary N) is 1. The number of halogens is 1. The lowest BCUT2D eigenvalue weighted by Crippen LogP contribution is -2.16. The van der Waals surface area contributed by atoms with Crippen LogP contribution in [0.2, 0.25) is 0 Å². The summed E-state index contributed by atoms with van der Waals surface area (Å²) in [4.78, 5) is 10.7. The molecule has 1 saturated carbocycles. The smallest absolute Gasteiger partial charge is 0.275 e. The number of nitro benzene ring substituents is 1. The molecule has 0 aromatic heterocycles. The fourth-order valence-corrected chi connectivity index (χ4v) is 3.24. The molecule has 1 aliphatic rings. The van der Waals surface area contributed by atoms with Crippen LogP contribution in [0.25, 0.3) is 0 Å². The Balaban J connectivity index is 1.74. The monoisotopic (exact) mass is 340 g/mol. The Labute approximate surface area is 128 Å². The van der Waals surface area contributed by atoms with E-state index < -0.39 is 0 Å². The summed E-state index contributed by atoms with van der Waals surface area (Å²) in [7, 11) is 0. The van der Waals surface area contributed by atoms with Crippen LogP contribution in [0, 0.1) is 16.0 Å². The van der Waals surface area contributed by atoms with E-state index in [0.717, 1.165) is 28.9 Å². The highest BCUT2D eigenvalue weighted by Gasteiger charge is 2.15. The van der Waals surface area contributed by atoms with E-state index in [1.165, 1.54) is 32.1 Å². The number of hydrogen-bond donors (Lipinski definition) is 1. The van der Waals surface area contributed by atoms with Crippen molar-refractivity contribution in [1.82, 2.24) is 5.32 Å². The summed E-state index contributed by atoms with van der Waals surface area (Å²) in [5, 5.41) is 14.3. The summed E-state index contributed by atoms with van der Waals surface area (Å²) in [5.74, 6) is 0.916. The Kier molecular flexibility index (Phi) is 5.98. The van der Waals surface area contributed by atoms with E-state index in [1.54, 1.807) is 6.07 Å². The first-order chi connectivity index (χ1) is 9.66. The quantitative estimate of drug-likeness (QED) is 0.454. The standard InChI is InChI=1S/C15H21BrN2O2/c16-14-8-7-13(15(10-14)18(19)20)11-17-9-3-6-12-4-1-2-5-12/h7-8,10,12,17H,1-6,9,11H2. The van der Waals surface area contributed by atoms with Crippen LogP contribution < -0.4 is 5.32 Å². The van der Waals surface area contributed by atoms with Crippen molar-refractivity contribution in [1.29, 1.82) is 0 Å². The van der Waals surface area contributed by atoms with Crippen LogP contribution in [0.3, 0.4) is 0 Å². The van der Waals surface area contributed by atoms with Gasteiger partial charge in [-0.15, -0.1) is 0 Å². The normalized spacial score (nSPS) is 15.7. The van der Waals surface area contributed by atoms with Crippen molar-refractivity contribution in [2.75, 3.05) is 6.54 Å². The molecule has 0 saturated heterocycles. The van der Waals surface area contributed by atoms with Gasteiger partial charge < -0.3 is 5.32 Å². The van der Waals surface area contributed by atoms with Gasteiger partial charge in [0.05, 0.1) is 4.92 Å². The van der Waals surface area contributed by atoms with Crippen molar-refractivity contribution in [3.05, 3.63) is 38.3 Å². The molecule has 0 radical (unpaired) electrons. The Bertz CT molecular complexity index is 459. The Morgan fingerprint density at radius 3 is 2.80 bits per heavy atom. The van der Waals surface area contributed by atoms with Crippen LogP contribution in [0.4, 0.5) is 5.69 Å². The van der Waals surface area contributed by atoms with Crippen LogP contribution in [-0.2, 0) is 6.54 Å². The highest BCUT2D eigenvalue weighted by molar-refractivity contribution is 9.10. The average molecular weight is 341 g/mol. The van der Waals surface area contributed by atoms with Gasteiger partial charge >= 0.3 is 0 Å². The summed E-state index contributed by atoms with van der Waals surface area (Å²) >= 11 is 3.27. The second-order valence-corrected chi connectivity index (χ2v) is 6.42. The third-order valence-electron chi connectivity index (χ3n) is 4.00. The molecule has 1 fully saturated rings. The molecule has 1 aromatic carbocycles. The second-order valence-electron chi connectivity index (χ2n) is 5.50. The van der Waals surface area contributed by atoms with Gasteiger partial charge in [-0.3, -0.25) is 10.1 Å². The molecule has 1 aromatic rings. The molecule has 0 bridgehead atoms. The molecular formula is C15H21BrN2O2. The highest BCUT2D eigenvalue weighted by atomic mass is 79.9. The Morgan fingerprint density at radius 1 is 1.35 bits per heavy atom. The van der Waals surface area contributed by atoms with E-state index in [1.807, 2.05) is 12.1 Å². The minimum absolute atomic E-state index is 0.183. The molecule has 1 aliphatic carbocycles. The zero-order valence-corrected chi connectivity index (χ0v) is 13.2. The molecule has 110 valence electrons. The SMILES string of the molecule is O=[N+]([O-])c1cc(Br)ccc1CNCCCC1CCCC1. The molecule has 0 aliphatic heterocycles. The molecule has 0 spiro atoms. The third kappa shape index (κ3) is 4.56. The number of nitro groups is 1. The fourth-order valence-electron chi connectivity index (χ4n) is 2.89. The van der Waals surface area contributed by atoms with Crippen LogP contribution >= 0.6 is 15.9 Å². The van der Waals surface area contributed by atoms with Gasteiger partial charge in [-0.1, -0.05) is 41.6 Å². The lowest BCUT2D eigenvalue weighted by molar-refractivity contribution is -0.385. The topological polar surface area (TPSA) is 55.2 Å². The van der Waals surface area contributed by atoms with Crippen molar-refractivity contribution in [2.45, 2.75) is 45.1 Å². The molecule has 5 heteroatoms. The average Bonchev–Trinajstić information content (AvgIpc) is 2.92. The largest absolute Gasteiger partial charge is 0.312 e. The van der Waals surface area contributed by atoms with E-state index in [9.17, 15) is 10.1 Å². The summed E-state index contributed by atoms with van der Waals surface area (Å²) in [6.45, 7) is 1.50. The van der Waals surface area contributed by atoms with Crippen molar-refractivity contribution < 1.29 is 4.92 Å². The predicted molar refractivity (Wildman–Crippen MR) is 83.7 cm³/mol. The second kappa shape index (κ2) is 7.74. The fraction of sp³-hybridized carbons (Fsp3) is 0.600. The van der Waals surface area contributed by atoms with Gasteiger partial charge in [-0.25, -0.2) is 0 Å². The molecule has 2 rings (SSSR count). The first kappa shape index (κ1) is 15.4. The van der Waals surface area contributed by atoms with Gasteiger partial charge in [-0.05, 0) is 37.4 Å². The van der Waals surface area contributed by atoms with E-state index >= 15 is 0 Å². The molecule has 0 atom stereocenters. The van der Waals surface area contributed by atoms with Crippen LogP contribution in [0.1, 0.15) is 44.1 Å². The van der Waals surface area contributed by atoms with Crippen molar-refractivity contribution in [3.63, 3.8) is 0 Å². The number of nitrogens with zero attached hydrogens (tertiary/aromatic N) is 1. The zero-order chi connectivity index (χ0) is 14.4. The van der Waals surface area contributed by atoms with Crippen molar-refractivity contribution in [2.24, 2.45) is 5.92 Å². The molecule has 4 nitrogen and oxygen atoms in total. The summed E-state index contributed by atoms with van der Waals surface area (Å²) in [6.07, 6.45) is 8.01. The van der Waals surface area contributed by atoms with Gasteiger partial charge in [0.25, 0.3) is 5.69 Å². The summed E-state index contributed by atoms with van der Waals surface area (Å²) in [6, 6.07) is 5.23. The Morgan fingerprint density at radius 2 is 2.10 bits per heavy atom. The molecule has 0 unspecified atom stereocenters. The van der Waals surface area contributed by atoms with E-state index in [4.69, 9.17) is 0 Å². The molecule has 1 N–H and O–H groups in total. The first-order valence-electron chi connectivity index (χ1n) is 7.30. The summed E-state index contributed by atoms with van der Waals surface area (Å²) < 4.78 is 0.745. The van der Waals surface area contributed by atoms with E-state index in [2.05, 4.69) is 21.2 Å². The van der Waals surface area contributed by atoms with E-state index in [-0.39, 0.29) is 10.6 Å². The maximum Gasteiger partial charge on any atom is 0.275 e. The van der Waals surface area contributed by atoms with Gasteiger partial charge in [0, 0.05) is 22.6 Å². The van der Waals surface area contributed by atoms with Gasteiger partial charge in [0.1, 0.15) is 0 Å². The van der Waals surface area contributed by atoms with Crippen molar-refractivity contribution >= 4 is 21.6 Å². The van der Waals surface area contributed by atoms with Gasteiger partial charge in [0.2, 0.25) is 0 Å². The third-order valence-corrected chi connectivity index (χ3v) is 4.49. The van der Waals surface area contributed by atoms with Gasteiger partial charge in [0.15, 0.2) is 0 Å². The van der Waals surface area contributed by atoms with Crippen LogP contribution in [0.15, 0.2) is 22.7 Å². The minimum atomic E-state index is -0.319. The molecule has 0 heterocycles. The Hall–Kier alpha value is -0.940. The first-order valence-corrected chi connectivity index (χ1v) is 8.09. The number of benzene rings is 1. The minimum Gasteiger partial charge on any atom is -0.312 e. The molecule has 20 heavy (non-hydrogen) atoms. The maximum absolute atomic E-state index is 11.0. The number of hydrogen-bond acceptors (Lipinski definition) is 3. The zero-order valence-electron chi connectivity index (χ0n) is 11.6. The lowest BCUT2D eigenvalue weighted by Gasteiger charge is -2.09. The maximum atomic E-state index is 11.0. The number of rotatable bonds is 7. The molecule has 0 amide bonds. The van der Waals surface area contributed by atoms with E-state index in [0.29, 0.717) is 6.54 Å². The highest BCUT2D eigenvalue weighted by Crippen LogP contribution is 2.28.